The van der Waals surface area contributed by atoms with E-state index >= 15 is 0 Å². The molecule has 0 saturated carbocycles. The summed E-state index contributed by atoms with van der Waals surface area (Å²) in [5.74, 6) is -0.509. The number of amides is 2. The Morgan fingerprint density at radius 2 is 1.78 bits per heavy atom. The van der Waals surface area contributed by atoms with Crippen LogP contribution in [0.2, 0.25) is 10.0 Å². The number of anilines is 1. The van der Waals surface area contributed by atoms with E-state index in [1.807, 2.05) is 18.2 Å². The van der Waals surface area contributed by atoms with Crippen LogP contribution in [0.25, 0.3) is 0 Å². The van der Waals surface area contributed by atoms with Gasteiger partial charge in [-0.2, -0.15) is 0 Å². The first-order valence-corrected chi connectivity index (χ1v) is 11.4. The first-order chi connectivity index (χ1) is 15.4. The Balaban J connectivity index is 1.47. The largest absolute Gasteiger partial charge is 0.351 e. The van der Waals surface area contributed by atoms with Gasteiger partial charge in [-0.25, -0.2) is 14.4 Å². The molecule has 2 aromatic carbocycles. The maximum absolute atomic E-state index is 12.9. The quantitative estimate of drug-likeness (QED) is 0.238. The van der Waals surface area contributed by atoms with E-state index in [0.29, 0.717) is 28.0 Å². The number of carbonyl (C=O) groups is 2. The van der Waals surface area contributed by atoms with Crippen LogP contribution in [0.5, 0.6) is 0 Å². The van der Waals surface area contributed by atoms with Crippen molar-refractivity contribution in [2.75, 3.05) is 11.9 Å². The SMILES string of the molecule is O=C(CCCNC(=O)c1nc(SCc2ccccc2Cl)ncc1Cl)Nc1ccc(F)cc1. The van der Waals surface area contributed by atoms with Crippen LogP contribution in [0.3, 0.4) is 0 Å². The molecule has 3 aromatic rings. The number of carbonyl (C=O) groups excluding carboxylic acids is 2. The standard InChI is InChI=1S/C22H19Cl2FN4O2S/c23-17-5-2-1-4-14(17)13-32-22-27-12-18(24)20(29-22)21(31)26-11-3-6-19(30)28-16-9-7-15(25)8-10-16/h1-2,4-5,7-10,12H,3,6,11,13H2,(H,26,31)(H,28,30). The molecule has 6 nitrogen and oxygen atoms in total. The molecule has 0 saturated heterocycles. The minimum Gasteiger partial charge on any atom is -0.351 e. The van der Waals surface area contributed by atoms with Crippen molar-refractivity contribution in [3.63, 3.8) is 0 Å². The third-order valence-electron chi connectivity index (χ3n) is 4.25. The fourth-order valence-electron chi connectivity index (χ4n) is 2.63. The minimum absolute atomic E-state index is 0.0686. The molecule has 166 valence electrons. The summed E-state index contributed by atoms with van der Waals surface area (Å²) in [5, 5.41) is 6.55. The fourth-order valence-corrected chi connectivity index (χ4v) is 3.91. The Labute approximate surface area is 198 Å². The van der Waals surface area contributed by atoms with Crippen LogP contribution in [0.15, 0.2) is 59.9 Å². The van der Waals surface area contributed by atoms with Crippen molar-refractivity contribution >= 4 is 52.5 Å². The van der Waals surface area contributed by atoms with E-state index in [4.69, 9.17) is 23.2 Å². The van der Waals surface area contributed by atoms with Gasteiger partial charge >= 0.3 is 0 Å². The maximum atomic E-state index is 12.9. The second-order valence-electron chi connectivity index (χ2n) is 6.64. The topological polar surface area (TPSA) is 84.0 Å². The summed E-state index contributed by atoms with van der Waals surface area (Å²) < 4.78 is 12.9. The highest BCUT2D eigenvalue weighted by Gasteiger charge is 2.15. The second kappa shape index (κ2) is 11.8. The summed E-state index contributed by atoms with van der Waals surface area (Å²) in [6.07, 6.45) is 1.98. The van der Waals surface area contributed by atoms with Crippen LogP contribution in [-0.2, 0) is 10.5 Å². The number of rotatable bonds is 9. The number of benzene rings is 2. The maximum Gasteiger partial charge on any atom is 0.271 e. The number of halogens is 3. The molecule has 1 aromatic heterocycles. The lowest BCUT2D eigenvalue weighted by atomic mass is 10.2. The van der Waals surface area contributed by atoms with Gasteiger partial charge in [-0.3, -0.25) is 9.59 Å². The van der Waals surface area contributed by atoms with Crippen LogP contribution in [-0.4, -0.2) is 28.3 Å². The van der Waals surface area contributed by atoms with Gasteiger partial charge in [0.1, 0.15) is 5.82 Å². The molecule has 3 rings (SSSR count). The van der Waals surface area contributed by atoms with Crippen molar-refractivity contribution in [1.29, 1.82) is 0 Å². The van der Waals surface area contributed by atoms with E-state index in [1.165, 1.54) is 42.2 Å². The van der Waals surface area contributed by atoms with E-state index in [2.05, 4.69) is 20.6 Å². The Morgan fingerprint density at radius 1 is 1.03 bits per heavy atom. The first-order valence-electron chi connectivity index (χ1n) is 9.65. The number of thioether (sulfide) groups is 1. The van der Waals surface area contributed by atoms with Gasteiger partial charge < -0.3 is 10.6 Å². The molecule has 10 heteroatoms. The zero-order valence-electron chi connectivity index (χ0n) is 16.8. The number of aromatic nitrogens is 2. The first kappa shape index (κ1) is 24.0. The summed E-state index contributed by atoms with van der Waals surface area (Å²) in [5.41, 5.74) is 1.51. The van der Waals surface area contributed by atoms with Crippen LogP contribution in [0, 0.1) is 5.82 Å². The van der Waals surface area contributed by atoms with Crippen molar-refractivity contribution in [1.82, 2.24) is 15.3 Å². The highest BCUT2D eigenvalue weighted by Crippen LogP contribution is 2.25. The summed E-state index contributed by atoms with van der Waals surface area (Å²) >= 11 is 13.6. The lowest BCUT2D eigenvalue weighted by molar-refractivity contribution is -0.116. The smallest absolute Gasteiger partial charge is 0.271 e. The Bertz CT molecular complexity index is 1100. The van der Waals surface area contributed by atoms with Gasteiger partial charge in [0.05, 0.1) is 11.2 Å². The predicted octanol–water partition coefficient (Wildman–Crippen LogP) is 5.36. The van der Waals surface area contributed by atoms with E-state index in [1.54, 1.807) is 6.07 Å². The average molecular weight is 493 g/mol. The third-order valence-corrected chi connectivity index (χ3v) is 5.80. The lowest BCUT2D eigenvalue weighted by Crippen LogP contribution is -2.27. The molecular weight excluding hydrogens is 474 g/mol. The van der Waals surface area contributed by atoms with Gasteiger partial charge in [0, 0.05) is 29.4 Å². The second-order valence-corrected chi connectivity index (χ2v) is 8.40. The molecule has 0 radical (unpaired) electrons. The molecule has 0 aliphatic heterocycles. The lowest BCUT2D eigenvalue weighted by Gasteiger charge is -2.08. The third kappa shape index (κ3) is 7.19. The van der Waals surface area contributed by atoms with Crippen LogP contribution in [0.4, 0.5) is 10.1 Å². The van der Waals surface area contributed by atoms with E-state index in [0.717, 1.165) is 5.56 Å². The van der Waals surface area contributed by atoms with Crippen molar-refractivity contribution in [2.45, 2.75) is 23.8 Å². The van der Waals surface area contributed by atoms with Crippen molar-refractivity contribution in [2.24, 2.45) is 0 Å². The van der Waals surface area contributed by atoms with Gasteiger partial charge in [0.15, 0.2) is 10.9 Å². The zero-order valence-corrected chi connectivity index (χ0v) is 19.1. The van der Waals surface area contributed by atoms with Gasteiger partial charge in [0.25, 0.3) is 5.91 Å². The minimum atomic E-state index is -0.448. The summed E-state index contributed by atoms with van der Waals surface area (Å²) in [6, 6.07) is 12.9. The molecule has 0 unspecified atom stereocenters. The van der Waals surface area contributed by atoms with Gasteiger partial charge in [-0.1, -0.05) is 53.2 Å². The van der Waals surface area contributed by atoms with Crippen LogP contribution >= 0.6 is 35.0 Å². The molecule has 2 amide bonds. The van der Waals surface area contributed by atoms with Crippen molar-refractivity contribution < 1.29 is 14.0 Å². The Hall–Kier alpha value is -2.68. The molecular formula is C22H19Cl2FN4O2S. The van der Waals surface area contributed by atoms with Crippen LogP contribution < -0.4 is 10.6 Å². The van der Waals surface area contributed by atoms with E-state index in [9.17, 15) is 14.0 Å². The summed E-state index contributed by atoms with van der Waals surface area (Å²) in [7, 11) is 0. The van der Waals surface area contributed by atoms with E-state index in [-0.39, 0.29) is 35.4 Å². The molecule has 0 atom stereocenters. The number of nitrogens with zero attached hydrogens (tertiary/aromatic N) is 2. The molecule has 2 N–H and O–H groups in total. The number of hydrogen-bond acceptors (Lipinski definition) is 5. The molecule has 32 heavy (non-hydrogen) atoms. The van der Waals surface area contributed by atoms with Crippen molar-refractivity contribution in [3.05, 3.63) is 81.8 Å². The van der Waals surface area contributed by atoms with Gasteiger partial charge in [0.2, 0.25) is 5.91 Å². The van der Waals surface area contributed by atoms with E-state index < -0.39 is 5.91 Å². The molecule has 0 bridgehead atoms. The predicted molar refractivity (Wildman–Crippen MR) is 125 cm³/mol. The number of nitrogens with one attached hydrogen (secondary N) is 2. The normalized spacial score (nSPS) is 10.6. The monoisotopic (exact) mass is 492 g/mol. The average Bonchev–Trinajstić information content (AvgIpc) is 2.78. The highest BCUT2D eigenvalue weighted by molar-refractivity contribution is 7.98. The molecule has 1 heterocycles. The van der Waals surface area contributed by atoms with Gasteiger partial charge in [-0.05, 0) is 42.3 Å². The van der Waals surface area contributed by atoms with Crippen LogP contribution in [0.1, 0.15) is 28.9 Å². The Morgan fingerprint density at radius 3 is 2.53 bits per heavy atom. The zero-order chi connectivity index (χ0) is 22.9. The molecule has 0 aliphatic carbocycles. The Kier molecular flexibility index (Phi) is 8.84. The number of hydrogen-bond donors (Lipinski definition) is 2. The highest BCUT2D eigenvalue weighted by atomic mass is 35.5. The molecule has 0 fully saturated rings. The molecule has 0 aliphatic rings. The summed E-state index contributed by atoms with van der Waals surface area (Å²) in [6.45, 7) is 0.262. The summed E-state index contributed by atoms with van der Waals surface area (Å²) in [4.78, 5) is 32.8. The van der Waals surface area contributed by atoms with Crippen molar-refractivity contribution in [3.8, 4) is 0 Å². The fraction of sp³-hybridized carbons (Fsp3) is 0.182. The molecule has 0 spiro atoms. The van der Waals surface area contributed by atoms with Gasteiger partial charge in [-0.15, -0.1) is 0 Å².